The van der Waals surface area contributed by atoms with E-state index in [1.807, 2.05) is 0 Å². The minimum absolute atomic E-state index is 0. The number of carbonyl (C=O) groups is 6. The van der Waals surface area contributed by atoms with E-state index < -0.39 is 257 Å². The first-order chi connectivity index (χ1) is 40.8. The number of aliphatic hydroxyl groups is 30. The molecule has 42 nitrogen and oxygen atoms in total. The van der Waals surface area contributed by atoms with Gasteiger partial charge in [-0.1, -0.05) is 41.5 Å². The second-order valence-electron chi connectivity index (χ2n) is 19.5. The number of hydrogen-bond acceptors (Lipinski definition) is 42. The minimum Gasteiger partial charge on any atom is -0.547 e. The van der Waals surface area contributed by atoms with Gasteiger partial charge in [0.15, 0.2) is 0 Å². The molecule has 0 heterocycles. The Morgan fingerprint density at radius 1 is 0.242 bits per heavy atom. The molecule has 30 N–H and O–H groups in total. The van der Waals surface area contributed by atoms with Crippen molar-refractivity contribution >= 4 is 35.8 Å². The molecule has 0 aromatic carbocycles. The molecule has 540 valence electrons. The molecule has 0 amide bonds. The van der Waals surface area contributed by atoms with E-state index in [4.69, 9.17) is 61.3 Å². The molecule has 24 unspecified atom stereocenters. The fourth-order valence-electron chi connectivity index (χ4n) is 6.45. The number of hydrogen-bond donors (Lipinski definition) is 30. The predicted octanol–water partition coefficient (Wildman–Crippen LogP) is -24.3. The van der Waals surface area contributed by atoms with Crippen molar-refractivity contribution in [2.75, 3.05) is 39.6 Å². The standard InChI is InChI=1S/6C8H16O7.Mo/c6*1-2-8(15,7(13)14)6(12)5(11)4(10)3-9;/h6*4-6,9-12,15H,2-3H2,1H3,(H,13,14);/q;;;;;;+6/p-6. The zero-order chi connectivity index (χ0) is 73.3. The summed E-state index contributed by atoms with van der Waals surface area (Å²) >= 11 is 0. The Hall–Kier alpha value is -3.69. The van der Waals surface area contributed by atoms with Gasteiger partial charge in [0.1, 0.15) is 143 Å². The zero-order valence-electron chi connectivity index (χ0n) is 49.6. The molecule has 0 aliphatic rings. The van der Waals surface area contributed by atoms with E-state index in [1.54, 1.807) is 0 Å². The van der Waals surface area contributed by atoms with Crippen LogP contribution in [0.25, 0.3) is 0 Å². The van der Waals surface area contributed by atoms with Crippen molar-refractivity contribution in [3.05, 3.63) is 0 Å². The molecular weight excluding hydrogens is 1340 g/mol. The topological polar surface area (TPSA) is 848 Å². The van der Waals surface area contributed by atoms with Gasteiger partial charge < -0.3 is 213 Å². The summed E-state index contributed by atoms with van der Waals surface area (Å²) in [5, 5.41) is 335. The molecule has 0 aromatic rings. The average Bonchev–Trinajstić information content (AvgIpc) is 2.69. The Morgan fingerprint density at radius 2 is 0.319 bits per heavy atom. The molecule has 0 radical (unpaired) electrons. The summed E-state index contributed by atoms with van der Waals surface area (Å²) in [7, 11) is 0. The number of rotatable bonds is 36. The molecule has 0 spiro atoms. The van der Waals surface area contributed by atoms with Crippen LogP contribution in [0.1, 0.15) is 80.1 Å². The largest absolute Gasteiger partial charge is 6.00 e. The van der Waals surface area contributed by atoms with E-state index >= 15 is 0 Å². The van der Waals surface area contributed by atoms with Crippen LogP contribution in [-0.4, -0.2) is 372 Å². The minimum atomic E-state index is -2.66. The third-order valence-corrected chi connectivity index (χ3v) is 13.7. The Balaban J connectivity index is -0.000000186. The number of carboxylic acid groups (broad SMARTS) is 6. The van der Waals surface area contributed by atoms with E-state index in [0.717, 1.165) is 0 Å². The van der Waals surface area contributed by atoms with Gasteiger partial charge in [0.25, 0.3) is 0 Å². The third-order valence-electron chi connectivity index (χ3n) is 13.7. The van der Waals surface area contributed by atoms with Gasteiger partial charge in [-0.3, -0.25) is 0 Å². The summed E-state index contributed by atoms with van der Waals surface area (Å²) in [5.74, 6) is -11.7. The maximum Gasteiger partial charge on any atom is 6.00 e. The first-order valence-electron chi connectivity index (χ1n) is 26.4. The third kappa shape index (κ3) is 28.7. The van der Waals surface area contributed by atoms with Crippen LogP contribution in [0.15, 0.2) is 0 Å². The van der Waals surface area contributed by atoms with E-state index in [1.165, 1.54) is 41.5 Å². The van der Waals surface area contributed by atoms with Gasteiger partial charge in [-0.05, 0) is 38.5 Å². The van der Waals surface area contributed by atoms with Crippen LogP contribution in [0.4, 0.5) is 0 Å². The quantitative estimate of drug-likeness (QED) is 0.0259. The second kappa shape index (κ2) is 46.4. The Labute approximate surface area is 531 Å². The van der Waals surface area contributed by atoms with Crippen LogP contribution in [0.3, 0.4) is 0 Å². The molecule has 0 aliphatic heterocycles. The molecule has 24 atom stereocenters. The van der Waals surface area contributed by atoms with Gasteiger partial charge >= 0.3 is 21.1 Å². The van der Waals surface area contributed by atoms with Gasteiger partial charge in [0.05, 0.1) is 75.5 Å². The van der Waals surface area contributed by atoms with Crippen molar-refractivity contribution < 1.29 is 234 Å². The number of aliphatic hydroxyl groups excluding tert-OH is 24. The van der Waals surface area contributed by atoms with Crippen molar-refractivity contribution in [1.29, 1.82) is 0 Å². The molecule has 0 aromatic heterocycles. The molecule has 0 saturated heterocycles. The van der Waals surface area contributed by atoms with Crippen LogP contribution in [0.2, 0.25) is 0 Å². The molecule has 0 aliphatic carbocycles. The van der Waals surface area contributed by atoms with Crippen molar-refractivity contribution in [3.8, 4) is 0 Å². The van der Waals surface area contributed by atoms with E-state index in [2.05, 4.69) is 0 Å². The molecule has 0 bridgehead atoms. The molecule has 0 saturated carbocycles. The van der Waals surface area contributed by atoms with Crippen LogP contribution in [-0.2, 0) is 49.8 Å². The number of carboxylic acids is 6. The van der Waals surface area contributed by atoms with Gasteiger partial charge in [-0.2, -0.15) is 0 Å². The van der Waals surface area contributed by atoms with E-state index in [0.29, 0.717) is 0 Å². The van der Waals surface area contributed by atoms with Crippen molar-refractivity contribution in [1.82, 2.24) is 0 Å². The normalized spacial score (nSPS) is 21.2. The van der Waals surface area contributed by atoms with Crippen molar-refractivity contribution in [2.45, 2.75) is 224 Å². The summed E-state index contributed by atoms with van der Waals surface area (Å²) in [4.78, 5) is 63.2. The van der Waals surface area contributed by atoms with Gasteiger partial charge in [0.2, 0.25) is 0 Å². The molecule has 43 heteroatoms. The van der Waals surface area contributed by atoms with Gasteiger partial charge in [0, 0.05) is 0 Å². The molecular formula is C48H90MoO42. The van der Waals surface area contributed by atoms with Crippen molar-refractivity contribution in [2.24, 2.45) is 0 Å². The van der Waals surface area contributed by atoms with Crippen molar-refractivity contribution in [3.63, 3.8) is 0 Å². The summed E-state index contributed by atoms with van der Waals surface area (Å²) < 4.78 is 0. The monoisotopic (exact) mass is 1440 g/mol. The summed E-state index contributed by atoms with van der Waals surface area (Å²) in [6.07, 6.45) is -37.6. The number of carbonyl (C=O) groups excluding carboxylic acids is 6. The number of aliphatic carboxylic acids is 6. The Morgan fingerprint density at radius 3 is 0.363 bits per heavy atom. The van der Waals surface area contributed by atoms with E-state index in [-0.39, 0.29) is 21.1 Å². The first-order valence-corrected chi connectivity index (χ1v) is 26.4. The van der Waals surface area contributed by atoms with Gasteiger partial charge in [-0.15, -0.1) is 0 Å². The first kappa shape index (κ1) is 101. The summed E-state index contributed by atoms with van der Waals surface area (Å²) in [5.41, 5.74) is -15.9. The SMILES string of the molecule is CCC(O)(C(=O)[O-])C(O)C(O)C(O)CO.CCC(O)(C(=O)[O-])C(O)C(O)C(O)CO.CCC(O)(C(=O)[O-])C(O)C(O)C(O)CO.CCC(O)(C(=O)[O-])C(O)C(O)C(O)CO.CCC(O)(C(=O)[O-])C(O)C(O)C(O)CO.CCC(O)(C(=O)[O-])C(O)C(O)C(O)CO.[Mo+6]. The summed E-state index contributed by atoms with van der Waals surface area (Å²) in [6.45, 7) is 2.35. The molecule has 91 heavy (non-hydrogen) atoms. The average molecular weight is 1440 g/mol. The fourth-order valence-corrected chi connectivity index (χ4v) is 6.45. The van der Waals surface area contributed by atoms with Crippen LogP contribution in [0.5, 0.6) is 0 Å². The van der Waals surface area contributed by atoms with Gasteiger partial charge in [-0.25, -0.2) is 0 Å². The summed E-state index contributed by atoms with van der Waals surface area (Å²) in [6, 6.07) is 0. The smallest absolute Gasteiger partial charge is 0.547 e. The van der Waals surface area contributed by atoms with Crippen LogP contribution < -0.4 is 30.6 Å². The predicted molar refractivity (Wildman–Crippen MR) is 272 cm³/mol. The van der Waals surface area contributed by atoms with E-state index in [9.17, 15) is 151 Å². The maximum absolute atomic E-state index is 10.5. The second-order valence-corrected chi connectivity index (χ2v) is 19.5. The fraction of sp³-hybridized carbons (Fsp3) is 0.875. The molecule has 0 rings (SSSR count). The van der Waals surface area contributed by atoms with Crippen LogP contribution in [0, 0.1) is 0 Å². The Kier molecular flexibility index (Phi) is 51.5. The Bertz CT molecular complexity index is 1680. The molecule has 0 fully saturated rings. The van der Waals surface area contributed by atoms with Crippen LogP contribution >= 0.6 is 0 Å². The maximum atomic E-state index is 10.5. The zero-order valence-corrected chi connectivity index (χ0v) is 51.6.